The quantitative estimate of drug-likeness (QED) is 0.768. The topological polar surface area (TPSA) is 69.6 Å². The van der Waals surface area contributed by atoms with Crippen molar-refractivity contribution in [1.82, 2.24) is 19.8 Å². The van der Waals surface area contributed by atoms with E-state index in [-0.39, 0.29) is 11.9 Å². The molecule has 1 aromatic heterocycles. The Kier molecular flexibility index (Phi) is 3.58. The van der Waals surface area contributed by atoms with E-state index in [9.17, 15) is 9.90 Å². The molecule has 0 radical (unpaired) electrons. The lowest BCUT2D eigenvalue weighted by Gasteiger charge is -2.21. The van der Waals surface area contributed by atoms with Crippen molar-refractivity contribution in [2.45, 2.75) is 19.1 Å². The minimum Gasteiger partial charge on any atom is -0.390 e. The van der Waals surface area contributed by atoms with Crippen molar-refractivity contribution in [1.29, 1.82) is 0 Å². The number of likely N-dealkylation sites (N-methyl/N-ethyl adjacent to an activating group) is 1. The van der Waals surface area contributed by atoms with Crippen LogP contribution in [0.5, 0.6) is 0 Å². The van der Waals surface area contributed by atoms with Crippen LogP contribution in [0.15, 0.2) is 12.4 Å². The molecule has 1 aliphatic rings. The second-order valence-corrected chi connectivity index (χ2v) is 4.85. The Bertz CT molecular complexity index is 432. The molecule has 1 amide bonds. The smallest absolute Gasteiger partial charge is 0.274 e. The maximum atomic E-state index is 12.2. The molecule has 1 aliphatic heterocycles. The number of β-amino-alcohol motifs (C(OH)–C–C–N with tert-alkyl or cyclic N) is 1. The normalized spacial score (nSPS) is 23.7. The van der Waals surface area contributed by atoms with Crippen molar-refractivity contribution in [2.24, 2.45) is 0 Å². The third-order valence-corrected chi connectivity index (χ3v) is 3.21. The zero-order chi connectivity index (χ0) is 13.3. The van der Waals surface area contributed by atoms with E-state index in [0.29, 0.717) is 18.8 Å². The van der Waals surface area contributed by atoms with Crippen LogP contribution in [0.4, 0.5) is 0 Å². The van der Waals surface area contributed by atoms with E-state index in [0.717, 1.165) is 5.69 Å². The second kappa shape index (κ2) is 4.99. The fraction of sp³-hybridized carbons (Fsp3) is 0.583. The predicted octanol–water partition coefficient (Wildman–Crippen LogP) is -0.468. The van der Waals surface area contributed by atoms with E-state index in [1.165, 1.54) is 6.20 Å². The van der Waals surface area contributed by atoms with Crippen molar-refractivity contribution in [3.63, 3.8) is 0 Å². The van der Waals surface area contributed by atoms with Crippen molar-refractivity contribution >= 4 is 5.91 Å². The summed E-state index contributed by atoms with van der Waals surface area (Å²) in [6.07, 6.45) is 2.54. The fourth-order valence-electron chi connectivity index (χ4n) is 2.11. The molecule has 0 aliphatic carbocycles. The van der Waals surface area contributed by atoms with Crippen LogP contribution in [-0.4, -0.2) is 70.1 Å². The molecule has 0 aromatic carbocycles. The van der Waals surface area contributed by atoms with Gasteiger partial charge in [-0.3, -0.25) is 9.78 Å². The number of aliphatic hydroxyl groups is 1. The third-order valence-electron chi connectivity index (χ3n) is 3.21. The summed E-state index contributed by atoms with van der Waals surface area (Å²) < 4.78 is 0. The van der Waals surface area contributed by atoms with Gasteiger partial charge in [-0.2, -0.15) is 0 Å². The summed E-state index contributed by atoms with van der Waals surface area (Å²) in [7, 11) is 3.79. The van der Waals surface area contributed by atoms with Gasteiger partial charge in [0.25, 0.3) is 5.91 Å². The SMILES string of the molecule is Cc1cnc(C(=O)N2C[C@@H](O)[C@H](N(C)C)C2)cn1. The molecule has 0 saturated carbocycles. The van der Waals surface area contributed by atoms with E-state index >= 15 is 0 Å². The molecule has 0 unspecified atom stereocenters. The predicted molar refractivity (Wildman–Crippen MR) is 66.2 cm³/mol. The minimum atomic E-state index is -0.512. The Morgan fingerprint density at radius 1 is 1.39 bits per heavy atom. The van der Waals surface area contributed by atoms with Gasteiger partial charge >= 0.3 is 0 Å². The molecule has 6 nitrogen and oxygen atoms in total. The monoisotopic (exact) mass is 250 g/mol. The van der Waals surface area contributed by atoms with Crippen molar-refractivity contribution in [3.8, 4) is 0 Å². The average Bonchev–Trinajstić information content (AvgIpc) is 2.71. The van der Waals surface area contributed by atoms with Crippen LogP contribution in [0.1, 0.15) is 16.2 Å². The number of likely N-dealkylation sites (tertiary alicyclic amines) is 1. The van der Waals surface area contributed by atoms with E-state index in [1.807, 2.05) is 25.9 Å². The fourth-order valence-corrected chi connectivity index (χ4v) is 2.11. The number of rotatable bonds is 2. The second-order valence-electron chi connectivity index (χ2n) is 4.85. The highest BCUT2D eigenvalue weighted by molar-refractivity contribution is 5.92. The Morgan fingerprint density at radius 3 is 2.61 bits per heavy atom. The van der Waals surface area contributed by atoms with Crippen LogP contribution in [-0.2, 0) is 0 Å². The highest BCUT2D eigenvalue weighted by Gasteiger charge is 2.35. The Labute approximate surface area is 106 Å². The van der Waals surface area contributed by atoms with Gasteiger partial charge in [-0.15, -0.1) is 0 Å². The van der Waals surface area contributed by atoms with Crippen molar-refractivity contribution in [3.05, 3.63) is 23.8 Å². The van der Waals surface area contributed by atoms with Crippen LogP contribution < -0.4 is 0 Å². The van der Waals surface area contributed by atoms with Gasteiger partial charge in [0, 0.05) is 19.3 Å². The Hall–Kier alpha value is -1.53. The molecular formula is C12H18N4O2. The van der Waals surface area contributed by atoms with E-state index in [2.05, 4.69) is 9.97 Å². The third kappa shape index (κ3) is 2.49. The van der Waals surface area contributed by atoms with Gasteiger partial charge in [0.15, 0.2) is 0 Å². The summed E-state index contributed by atoms with van der Waals surface area (Å²) in [5.41, 5.74) is 1.10. The van der Waals surface area contributed by atoms with Gasteiger partial charge in [0.05, 0.1) is 24.0 Å². The van der Waals surface area contributed by atoms with Gasteiger partial charge in [-0.25, -0.2) is 4.98 Å². The Balaban J connectivity index is 2.09. The number of nitrogens with zero attached hydrogens (tertiary/aromatic N) is 4. The number of hydrogen-bond acceptors (Lipinski definition) is 5. The highest BCUT2D eigenvalue weighted by Crippen LogP contribution is 2.16. The van der Waals surface area contributed by atoms with Crippen LogP contribution in [0, 0.1) is 6.92 Å². The van der Waals surface area contributed by atoms with E-state index in [1.54, 1.807) is 11.1 Å². The summed E-state index contributed by atoms with van der Waals surface area (Å²) >= 11 is 0. The molecule has 6 heteroatoms. The maximum absolute atomic E-state index is 12.2. The van der Waals surface area contributed by atoms with Crippen LogP contribution in [0.2, 0.25) is 0 Å². The zero-order valence-corrected chi connectivity index (χ0v) is 10.9. The van der Waals surface area contributed by atoms with Crippen LogP contribution in [0.25, 0.3) is 0 Å². The van der Waals surface area contributed by atoms with Crippen molar-refractivity contribution in [2.75, 3.05) is 27.2 Å². The lowest BCUT2D eigenvalue weighted by atomic mass is 10.2. The number of carbonyl (C=O) groups is 1. The lowest BCUT2D eigenvalue weighted by molar-refractivity contribution is 0.0758. The number of amides is 1. The average molecular weight is 250 g/mol. The molecule has 2 atom stereocenters. The summed E-state index contributed by atoms with van der Waals surface area (Å²) in [6.45, 7) is 2.68. The molecule has 1 aromatic rings. The van der Waals surface area contributed by atoms with Gasteiger partial charge in [-0.1, -0.05) is 0 Å². The first-order valence-electron chi connectivity index (χ1n) is 5.91. The first kappa shape index (κ1) is 12.9. The number of aryl methyl sites for hydroxylation is 1. The van der Waals surface area contributed by atoms with Gasteiger partial charge < -0.3 is 14.9 Å². The number of aliphatic hydroxyl groups excluding tert-OH is 1. The first-order chi connectivity index (χ1) is 8.49. The number of carbonyl (C=O) groups excluding carboxylic acids is 1. The van der Waals surface area contributed by atoms with Gasteiger partial charge in [0.1, 0.15) is 5.69 Å². The molecule has 0 spiro atoms. The number of aromatic nitrogens is 2. The van der Waals surface area contributed by atoms with Crippen LogP contribution in [0.3, 0.4) is 0 Å². The summed E-state index contributed by atoms with van der Waals surface area (Å²) in [4.78, 5) is 23.8. The largest absolute Gasteiger partial charge is 0.390 e. The van der Waals surface area contributed by atoms with Crippen LogP contribution >= 0.6 is 0 Å². The van der Waals surface area contributed by atoms with Crippen molar-refractivity contribution < 1.29 is 9.90 Å². The van der Waals surface area contributed by atoms with Gasteiger partial charge in [-0.05, 0) is 21.0 Å². The molecule has 2 rings (SSSR count). The Morgan fingerprint density at radius 2 is 2.11 bits per heavy atom. The summed E-state index contributed by atoms with van der Waals surface area (Å²) in [6, 6.07) is -0.0210. The zero-order valence-electron chi connectivity index (χ0n) is 10.9. The molecule has 2 heterocycles. The van der Waals surface area contributed by atoms with E-state index in [4.69, 9.17) is 0 Å². The molecule has 1 N–H and O–H groups in total. The van der Waals surface area contributed by atoms with Gasteiger partial charge in [0.2, 0.25) is 0 Å². The summed E-state index contributed by atoms with van der Waals surface area (Å²) in [5, 5.41) is 9.90. The standard InChI is InChI=1S/C12H18N4O2/c1-8-4-14-9(5-13-8)12(18)16-6-10(15(2)3)11(17)7-16/h4-5,10-11,17H,6-7H2,1-3H3/t10-,11-/m1/s1. The maximum Gasteiger partial charge on any atom is 0.274 e. The minimum absolute atomic E-state index is 0.0210. The molecule has 1 saturated heterocycles. The van der Waals surface area contributed by atoms with E-state index < -0.39 is 6.10 Å². The highest BCUT2D eigenvalue weighted by atomic mass is 16.3. The molecule has 1 fully saturated rings. The first-order valence-corrected chi connectivity index (χ1v) is 5.91. The summed E-state index contributed by atoms with van der Waals surface area (Å²) in [5.74, 6) is -0.175. The molecule has 98 valence electrons. The molecular weight excluding hydrogens is 232 g/mol. The lowest BCUT2D eigenvalue weighted by Crippen LogP contribution is -2.38. The number of hydrogen-bond donors (Lipinski definition) is 1. The molecule has 0 bridgehead atoms. The molecule has 18 heavy (non-hydrogen) atoms.